The number of urea groups is 1. The van der Waals surface area contributed by atoms with E-state index in [9.17, 15) is 9.18 Å². The van der Waals surface area contributed by atoms with Crippen LogP contribution in [0.4, 0.5) is 20.7 Å². The molecule has 2 amide bonds. The molecule has 5 nitrogen and oxygen atoms in total. The zero-order valence-electron chi connectivity index (χ0n) is 12.1. The fourth-order valence-electron chi connectivity index (χ4n) is 2.47. The second-order valence-electron chi connectivity index (χ2n) is 5.16. The van der Waals surface area contributed by atoms with Crippen LogP contribution in [-0.2, 0) is 0 Å². The quantitative estimate of drug-likeness (QED) is 0.922. The van der Waals surface area contributed by atoms with Crippen LogP contribution in [0.3, 0.4) is 0 Å². The zero-order valence-corrected chi connectivity index (χ0v) is 12.1. The van der Waals surface area contributed by atoms with Gasteiger partial charge in [-0.1, -0.05) is 6.07 Å². The highest BCUT2D eigenvalue weighted by Gasteiger charge is 2.25. The van der Waals surface area contributed by atoms with Crippen LogP contribution in [0.2, 0.25) is 0 Å². The predicted molar refractivity (Wildman–Crippen MR) is 82.2 cm³/mol. The van der Waals surface area contributed by atoms with E-state index in [1.807, 2.05) is 24.4 Å². The van der Waals surface area contributed by atoms with E-state index in [0.29, 0.717) is 18.8 Å². The summed E-state index contributed by atoms with van der Waals surface area (Å²) in [6.07, 6.45) is 1.89. The highest BCUT2D eigenvalue weighted by Crippen LogP contribution is 2.13. The summed E-state index contributed by atoms with van der Waals surface area (Å²) >= 11 is 0. The van der Waals surface area contributed by atoms with E-state index in [1.165, 1.54) is 12.1 Å². The molecule has 1 saturated heterocycles. The van der Waals surface area contributed by atoms with Crippen molar-refractivity contribution in [2.45, 2.75) is 0 Å². The Morgan fingerprint density at radius 2 is 1.77 bits per heavy atom. The SMILES string of the molecule is O=C(Nc1ccc(F)cc1)N1CCN(c2cccc[nH+]2)CC1. The highest BCUT2D eigenvalue weighted by atomic mass is 19.1. The van der Waals surface area contributed by atoms with Gasteiger partial charge in [-0.05, 0) is 30.3 Å². The Balaban J connectivity index is 1.54. The number of benzene rings is 1. The van der Waals surface area contributed by atoms with Gasteiger partial charge in [0.2, 0.25) is 0 Å². The van der Waals surface area contributed by atoms with Gasteiger partial charge >= 0.3 is 6.03 Å². The standard InChI is InChI=1S/C16H17FN4O/c17-13-4-6-14(7-5-13)19-16(22)21-11-9-20(10-12-21)15-3-1-2-8-18-15/h1-8H,9-12H2,(H,19,22)/p+1. The second-order valence-corrected chi connectivity index (χ2v) is 5.16. The first-order valence-electron chi connectivity index (χ1n) is 7.25. The Morgan fingerprint density at radius 1 is 1.05 bits per heavy atom. The monoisotopic (exact) mass is 301 g/mol. The third-order valence-corrected chi connectivity index (χ3v) is 3.70. The number of nitrogens with one attached hydrogen (secondary N) is 2. The van der Waals surface area contributed by atoms with Crippen molar-refractivity contribution < 1.29 is 14.2 Å². The Morgan fingerprint density at radius 3 is 2.41 bits per heavy atom. The minimum absolute atomic E-state index is 0.150. The van der Waals surface area contributed by atoms with E-state index >= 15 is 0 Å². The van der Waals surface area contributed by atoms with Gasteiger partial charge < -0.3 is 10.2 Å². The molecule has 3 rings (SSSR count). The molecule has 1 aliphatic rings. The maximum absolute atomic E-state index is 12.9. The van der Waals surface area contributed by atoms with Gasteiger partial charge in [0.25, 0.3) is 5.82 Å². The molecule has 0 radical (unpaired) electrons. The second kappa shape index (κ2) is 6.43. The maximum atomic E-state index is 12.9. The number of aromatic nitrogens is 1. The number of carbonyl (C=O) groups excluding carboxylic acids is 1. The van der Waals surface area contributed by atoms with Gasteiger partial charge in [-0.15, -0.1) is 0 Å². The van der Waals surface area contributed by atoms with Crippen LogP contribution in [0.15, 0.2) is 48.7 Å². The smallest absolute Gasteiger partial charge is 0.317 e. The van der Waals surface area contributed by atoms with Crippen molar-refractivity contribution in [3.8, 4) is 0 Å². The van der Waals surface area contributed by atoms with E-state index in [-0.39, 0.29) is 11.8 Å². The van der Waals surface area contributed by atoms with Crippen LogP contribution in [0, 0.1) is 5.82 Å². The number of rotatable bonds is 2. The van der Waals surface area contributed by atoms with E-state index in [0.717, 1.165) is 18.9 Å². The number of H-pyrrole nitrogens is 1. The molecule has 6 heteroatoms. The summed E-state index contributed by atoms with van der Waals surface area (Å²) < 4.78 is 12.9. The Bertz CT molecular complexity index is 624. The summed E-state index contributed by atoms with van der Waals surface area (Å²) in [5.74, 6) is 0.742. The molecule has 2 heterocycles. The lowest BCUT2D eigenvalue weighted by Gasteiger charge is -2.30. The molecular weight excluding hydrogens is 283 g/mol. The number of piperazine rings is 1. The molecule has 1 aliphatic heterocycles. The van der Waals surface area contributed by atoms with Crippen LogP contribution < -0.4 is 15.2 Å². The lowest BCUT2D eigenvalue weighted by Crippen LogP contribution is -2.51. The number of carbonyl (C=O) groups is 1. The molecule has 0 atom stereocenters. The minimum atomic E-state index is -0.314. The van der Waals surface area contributed by atoms with Crippen LogP contribution >= 0.6 is 0 Å². The topological polar surface area (TPSA) is 49.7 Å². The van der Waals surface area contributed by atoms with E-state index < -0.39 is 0 Å². The van der Waals surface area contributed by atoms with Crippen LogP contribution in [-0.4, -0.2) is 37.1 Å². The third-order valence-electron chi connectivity index (χ3n) is 3.70. The van der Waals surface area contributed by atoms with Crippen molar-refractivity contribution in [1.82, 2.24) is 4.90 Å². The van der Waals surface area contributed by atoms with E-state index in [4.69, 9.17) is 0 Å². The van der Waals surface area contributed by atoms with Crippen molar-refractivity contribution in [1.29, 1.82) is 0 Å². The summed E-state index contributed by atoms with van der Waals surface area (Å²) in [5.41, 5.74) is 0.602. The average Bonchev–Trinajstić information content (AvgIpc) is 2.58. The van der Waals surface area contributed by atoms with Crippen molar-refractivity contribution in [2.24, 2.45) is 0 Å². The van der Waals surface area contributed by atoms with Gasteiger partial charge in [0, 0.05) is 11.8 Å². The fourth-order valence-corrected chi connectivity index (χ4v) is 2.47. The molecule has 0 unspecified atom stereocenters. The van der Waals surface area contributed by atoms with Gasteiger partial charge in [0.05, 0.1) is 19.3 Å². The molecule has 2 N–H and O–H groups in total. The van der Waals surface area contributed by atoms with Gasteiger partial charge in [-0.2, -0.15) is 0 Å². The number of amides is 2. The summed E-state index contributed by atoms with van der Waals surface area (Å²) in [6.45, 7) is 2.85. The molecule has 1 fully saturated rings. The molecule has 1 aromatic carbocycles. The van der Waals surface area contributed by atoms with Gasteiger partial charge in [0.15, 0.2) is 0 Å². The Labute approximate surface area is 128 Å². The first-order chi connectivity index (χ1) is 10.7. The van der Waals surface area contributed by atoms with Crippen molar-refractivity contribution in [3.63, 3.8) is 0 Å². The highest BCUT2D eigenvalue weighted by molar-refractivity contribution is 5.89. The van der Waals surface area contributed by atoms with Crippen LogP contribution in [0.5, 0.6) is 0 Å². The van der Waals surface area contributed by atoms with Crippen LogP contribution in [0.25, 0.3) is 0 Å². The summed E-state index contributed by atoms with van der Waals surface area (Å²) in [4.78, 5) is 19.4. The predicted octanol–water partition coefficient (Wildman–Crippen LogP) is 1.99. The average molecular weight is 301 g/mol. The largest absolute Gasteiger partial charge is 0.322 e. The summed E-state index contributed by atoms with van der Waals surface area (Å²) in [6, 6.07) is 11.6. The fraction of sp³-hybridized carbons (Fsp3) is 0.250. The lowest BCUT2D eigenvalue weighted by atomic mass is 10.3. The number of aromatic amines is 1. The van der Waals surface area contributed by atoms with E-state index in [2.05, 4.69) is 15.2 Å². The lowest BCUT2D eigenvalue weighted by molar-refractivity contribution is -0.364. The molecular formula is C16H18FN4O+. The number of hydrogen-bond acceptors (Lipinski definition) is 2. The molecule has 114 valence electrons. The third kappa shape index (κ3) is 3.33. The van der Waals surface area contributed by atoms with E-state index in [1.54, 1.807) is 17.0 Å². The zero-order chi connectivity index (χ0) is 15.4. The number of pyridine rings is 1. The first-order valence-corrected chi connectivity index (χ1v) is 7.25. The molecule has 0 saturated carbocycles. The molecule has 0 spiro atoms. The number of hydrogen-bond donors (Lipinski definition) is 1. The van der Waals surface area contributed by atoms with Crippen molar-refractivity contribution in [2.75, 3.05) is 36.4 Å². The number of halogens is 1. The molecule has 2 aromatic rings. The maximum Gasteiger partial charge on any atom is 0.322 e. The molecule has 0 bridgehead atoms. The number of nitrogens with zero attached hydrogens (tertiary/aromatic N) is 2. The van der Waals surface area contributed by atoms with Crippen molar-refractivity contribution >= 4 is 17.5 Å². The van der Waals surface area contributed by atoms with Crippen molar-refractivity contribution in [3.05, 3.63) is 54.5 Å². The minimum Gasteiger partial charge on any atom is -0.317 e. The van der Waals surface area contributed by atoms with Gasteiger partial charge in [-0.25, -0.2) is 14.2 Å². The summed E-state index contributed by atoms with van der Waals surface area (Å²) in [5, 5.41) is 2.79. The Hall–Kier alpha value is -2.63. The Kier molecular flexibility index (Phi) is 4.18. The van der Waals surface area contributed by atoms with Gasteiger partial charge in [-0.3, -0.25) is 4.90 Å². The molecule has 0 aliphatic carbocycles. The normalized spacial score (nSPS) is 14.8. The first kappa shape index (κ1) is 14.3. The summed E-state index contributed by atoms with van der Waals surface area (Å²) in [7, 11) is 0. The van der Waals surface area contributed by atoms with Gasteiger partial charge in [0.1, 0.15) is 18.9 Å². The number of anilines is 2. The molecule has 1 aromatic heterocycles. The van der Waals surface area contributed by atoms with Crippen LogP contribution in [0.1, 0.15) is 0 Å². The molecule has 22 heavy (non-hydrogen) atoms.